The highest BCUT2D eigenvalue weighted by atomic mass is 19.1. The quantitative estimate of drug-likeness (QED) is 0.681. The van der Waals surface area contributed by atoms with Crippen LogP contribution in [0.2, 0.25) is 0 Å². The summed E-state index contributed by atoms with van der Waals surface area (Å²) in [6.45, 7) is 5.69. The molecule has 0 saturated carbocycles. The topological polar surface area (TPSA) is 84.6 Å². The zero-order valence-corrected chi connectivity index (χ0v) is 16.8. The van der Waals surface area contributed by atoms with Crippen molar-refractivity contribution in [3.63, 3.8) is 0 Å². The summed E-state index contributed by atoms with van der Waals surface area (Å²) in [6, 6.07) is 10.8. The molecule has 0 bridgehead atoms. The molecule has 28 heavy (non-hydrogen) atoms. The van der Waals surface area contributed by atoms with Crippen LogP contribution in [0.15, 0.2) is 42.5 Å². The number of nitrogens with one attached hydrogen (secondary N) is 1. The van der Waals surface area contributed by atoms with Gasteiger partial charge in [-0.15, -0.1) is 0 Å². The Balaban J connectivity index is 2.20. The second-order valence-electron chi connectivity index (χ2n) is 7.96. The number of nitrogens with two attached hydrogens (primary N) is 1. The predicted octanol–water partition coefficient (Wildman–Crippen LogP) is 2.84. The maximum Gasteiger partial charge on any atom is 0.251 e. The van der Waals surface area contributed by atoms with E-state index in [1.54, 1.807) is 36.4 Å². The Morgan fingerprint density at radius 3 is 2.46 bits per heavy atom. The summed E-state index contributed by atoms with van der Waals surface area (Å²) in [6.07, 6.45) is -0.603. The number of rotatable bonds is 7. The fourth-order valence-electron chi connectivity index (χ4n) is 2.93. The summed E-state index contributed by atoms with van der Waals surface area (Å²) in [5.41, 5.74) is 7.25. The number of carbonyl (C=O) groups is 1. The number of methoxy groups -OCH3 is 1. The lowest BCUT2D eigenvalue weighted by molar-refractivity contribution is 0.0916. The van der Waals surface area contributed by atoms with Gasteiger partial charge in [-0.25, -0.2) is 4.39 Å². The van der Waals surface area contributed by atoms with E-state index >= 15 is 0 Å². The molecule has 2 rings (SSSR count). The smallest absolute Gasteiger partial charge is 0.251 e. The van der Waals surface area contributed by atoms with Crippen LogP contribution in [0.1, 0.15) is 42.3 Å². The van der Waals surface area contributed by atoms with Gasteiger partial charge in [0.15, 0.2) is 0 Å². The monoisotopic (exact) mass is 388 g/mol. The third-order valence-corrected chi connectivity index (χ3v) is 4.38. The number of hydrogen-bond acceptors (Lipinski definition) is 4. The first-order valence-electron chi connectivity index (χ1n) is 9.27. The maximum atomic E-state index is 13.9. The van der Waals surface area contributed by atoms with Gasteiger partial charge in [-0.05, 0) is 62.6 Å². The van der Waals surface area contributed by atoms with E-state index in [0.717, 1.165) is 0 Å². The number of aliphatic hydroxyl groups is 1. The van der Waals surface area contributed by atoms with Crippen molar-refractivity contribution < 1.29 is 19.0 Å². The van der Waals surface area contributed by atoms with Gasteiger partial charge in [-0.2, -0.15) is 0 Å². The Morgan fingerprint density at radius 1 is 1.18 bits per heavy atom. The van der Waals surface area contributed by atoms with Crippen molar-refractivity contribution in [2.24, 2.45) is 5.73 Å². The van der Waals surface area contributed by atoms with Crippen molar-refractivity contribution >= 4 is 5.91 Å². The summed E-state index contributed by atoms with van der Waals surface area (Å²) in [5.74, 6) is -0.00557. The fourth-order valence-corrected chi connectivity index (χ4v) is 2.93. The van der Waals surface area contributed by atoms with E-state index in [0.29, 0.717) is 22.4 Å². The van der Waals surface area contributed by atoms with Gasteiger partial charge >= 0.3 is 0 Å². The average Bonchev–Trinajstić information content (AvgIpc) is 2.61. The van der Waals surface area contributed by atoms with Crippen molar-refractivity contribution in [3.8, 4) is 5.75 Å². The first-order chi connectivity index (χ1) is 13.1. The van der Waals surface area contributed by atoms with Crippen LogP contribution in [0.5, 0.6) is 5.75 Å². The molecule has 0 spiro atoms. The number of carbonyl (C=O) groups excluding carboxylic acids is 1. The molecule has 6 heteroatoms. The second kappa shape index (κ2) is 9.17. The van der Waals surface area contributed by atoms with Gasteiger partial charge in [0, 0.05) is 23.6 Å². The van der Waals surface area contributed by atoms with E-state index in [2.05, 4.69) is 5.32 Å². The molecule has 152 valence electrons. The molecule has 1 amide bonds. The minimum absolute atomic E-state index is 0.152. The van der Waals surface area contributed by atoms with Gasteiger partial charge in [-0.3, -0.25) is 4.79 Å². The highest BCUT2D eigenvalue weighted by Gasteiger charge is 2.23. The molecule has 5 nitrogen and oxygen atoms in total. The molecule has 0 radical (unpaired) electrons. The van der Waals surface area contributed by atoms with Crippen LogP contribution in [0.3, 0.4) is 0 Å². The Bertz CT molecular complexity index is 818. The number of benzene rings is 2. The molecular formula is C22H29FN2O3. The van der Waals surface area contributed by atoms with Crippen molar-refractivity contribution in [2.45, 2.75) is 51.3 Å². The number of amides is 1. The van der Waals surface area contributed by atoms with Gasteiger partial charge < -0.3 is 20.9 Å². The summed E-state index contributed by atoms with van der Waals surface area (Å²) >= 11 is 0. The number of hydrogen-bond donors (Lipinski definition) is 3. The zero-order chi connectivity index (χ0) is 20.9. The molecule has 2 unspecified atom stereocenters. The zero-order valence-electron chi connectivity index (χ0n) is 16.8. The molecule has 0 aromatic heterocycles. The first-order valence-corrected chi connectivity index (χ1v) is 9.27. The lowest BCUT2D eigenvalue weighted by Crippen LogP contribution is -2.42. The van der Waals surface area contributed by atoms with E-state index in [1.807, 2.05) is 20.8 Å². The van der Waals surface area contributed by atoms with Crippen molar-refractivity contribution in [1.82, 2.24) is 5.32 Å². The summed E-state index contributed by atoms with van der Waals surface area (Å²) in [4.78, 5) is 12.7. The Morgan fingerprint density at radius 2 is 1.86 bits per heavy atom. The third kappa shape index (κ3) is 6.04. The summed E-state index contributed by atoms with van der Waals surface area (Å²) in [5, 5.41) is 13.5. The molecule has 0 aliphatic rings. The third-order valence-electron chi connectivity index (χ3n) is 4.38. The average molecular weight is 388 g/mol. The molecule has 0 fully saturated rings. The lowest BCUT2D eigenvalue weighted by Gasteiger charge is -2.23. The molecule has 0 aliphatic carbocycles. The number of halogens is 1. The highest BCUT2D eigenvalue weighted by Crippen LogP contribution is 2.21. The van der Waals surface area contributed by atoms with E-state index in [1.165, 1.54) is 13.2 Å². The van der Waals surface area contributed by atoms with Crippen molar-refractivity contribution in [1.29, 1.82) is 0 Å². The molecule has 0 aliphatic heterocycles. The number of aliphatic hydroxyl groups excluding tert-OH is 1. The summed E-state index contributed by atoms with van der Waals surface area (Å²) in [7, 11) is 1.54. The standard InChI is InChI=1S/C22H29FN2O3/c1-22(2,3)25-21(27)17-10-9-16(28-4)11-15(17)13-20(26)19(24)12-14-7-5-6-8-18(14)23/h5-11,19-20,26H,12-13,24H2,1-4H3,(H,25,27). The molecule has 0 saturated heterocycles. The van der Waals surface area contributed by atoms with Crippen molar-refractivity contribution in [3.05, 3.63) is 65.0 Å². The van der Waals surface area contributed by atoms with Gasteiger partial charge in [0.1, 0.15) is 11.6 Å². The van der Waals surface area contributed by atoms with E-state index in [9.17, 15) is 14.3 Å². The SMILES string of the molecule is COc1ccc(C(=O)NC(C)(C)C)c(CC(O)C(N)Cc2ccccc2F)c1. The molecule has 2 aromatic rings. The Kier molecular flexibility index (Phi) is 7.16. The maximum absolute atomic E-state index is 13.9. The molecule has 0 heterocycles. The van der Waals surface area contributed by atoms with Gasteiger partial charge in [0.05, 0.1) is 13.2 Å². The first kappa shape index (κ1) is 21.9. The summed E-state index contributed by atoms with van der Waals surface area (Å²) < 4.78 is 19.1. The van der Waals surface area contributed by atoms with Gasteiger partial charge in [0.25, 0.3) is 5.91 Å². The molecule has 2 atom stereocenters. The van der Waals surface area contributed by atoms with Crippen LogP contribution in [-0.2, 0) is 12.8 Å². The van der Waals surface area contributed by atoms with Crippen LogP contribution < -0.4 is 15.8 Å². The van der Waals surface area contributed by atoms with Gasteiger partial charge in [0.2, 0.25) is 0 Å². The van der Waals surface area contributed by atoms with Crippen LogP contribution in [0.4, 0.5) is 4.39 Å². The second-order valence-corrected chi connectivity index (χ2v) is 7.96. The van der Waals surface area contributed by atoms with Crippen molar-refractivity contribution in [2.75, 3.05) is 7.11 Å². The van der Waals surface area contributed by atoms with Crippen LogP contribution in [0.25, 0.3) is 0 Å². The van der Waals surface area contributed by atoms with Crippen LogP contribution in [0, 0.1) is 5.82 Å². The minimum atomic E-state index is -0.951. The predicted molar refractivity (Wildman–Crippen MR) is 108 cm³/mol. The molecule has 4 N–H and O–H groups in total. The lowest BCUT2D eigenvalue weighted by atomic mass is 9.93. The molecule has 2 aromatic carbocycles. The normalized spacial score (nSPS) is 13.7. The Labute approximate surface area is 165 Å². The minimum Gasteiger partial charge on any atom is -0.497 e. The molecular weight excluding hydrogens is 359 g/mol. The number of ether oxygens (including phenoxy) is 1. The van der Waals surface area contributed by atoms with Gasteiger partial charge in [-0.1, -0.05) is 18.2 Å². The highest BCUT2D eigenvalue weighted by molar-refractivity contribution is 5.96. The largest absolute Gasteiger partial charge is 0.497 e. The van der Waals surface area contributed by atoms with E-state index in [4.69, 9.17) is 10.5 Å². The van der Waals surface area contributed by atoms with Crippen LogP contribution >= 0.6 is 0 Å². The van der Waals surface area contributed by atoms with Crippen LogP contribution in [-0.4, -0.2) is 35.8 Å². The Hall–Kier alpha value is -2.44. The van der Waals surface area contributed by atoms with E-state index in [-0.39, 0.29) is 24.6 Å². The fraction of sp³-hybridized carbons (Fsp3) is 0.409. The van der Waals surface area contributed by atoms with E-state index < -0.39 is 17.7 Å².